The van der Waals surface area contributed by atoms with Gasteiger partial charge in [-0.05, 0) is 47.0 Å². The Balaban J connectivity index is 2.61. The smallest absolute Gasteiger partial charge is 0.160 e. The van der Waals surface area contributed by atoms with Crippen molar-refractivity contribution in [2.45, 2.75) is 20.3 Å². The molecule has 0 spiro atoms. The molecule has 2 rings (SSSR count). The zero-order valence-corrected chi connectivity index (χ0v) is 11.5. The van der Waals surface area contributed by atoms with E-state index in [2.05, 4.69) is 27.8 Å². The van der Waals surface area contributed by atoms with Crippen LogP contribution in [0.5, 0.6) is 0 Å². The molecule has 1 aromatic carbocycles. The number of hydrogen-bond acceptors (Lipinski definition) is 2. The summed E-state index contributed by atoms with van der Waals surface area (Å²) in [5, 5.41) is 0. The molecule has 0 fully saturated rings. The molecule has 1 aromatic heterocycles. The number of benzene rings is 1. The highest BCUT2D eigenvalue weighted by Crippen LogP contribution is 2.33. The fourth-order valence-electron chi connectivity index (χ4n) is 1.62. The Kier molecular flexibility index (Phi) is 3.40. The highest BCUT2D eigenvalue weighted by Gasteiger charge is 2.13. The molecular formula is C12H11BrFNS. The quantitative estimate of drug-likeness (QED) is 0.791. The van der Waals surface area contributed by atoms with Crippen LogP contribution in [0.15, 0.2) is 22.1 Å². The van der Waals surface area contributed by atoms with Gasteiger partial charge in [0.25, 0.3) is 0 Å². The monoisotopic (exact) mass is 299 g/mol. The summed E-state index contributed by atoms with van der Waals surface area (Å²) in [6.45, 7) is 4.06. The fraction of sp³-hybridized carbons (Fsp3) is 0.250. The first-order chi connectivity index (χ1) is 7.61. The van der Waals surface area contributed by atoms with Gasteiger partial charge in [-0.2, -0.15) is 0 Å². The summed E-state index contributed by atoms with van der Waals surface area (Å²) >= 11 is 4.98. The molecule has 1 heterocycles. The standard InChI is InChI=1S/C12H11BrFNS/c1-3-10-11(15-12(13)16-10)9-6-8(14)5-4-7(9)2/h4-6H,3H2,1-2H3. The average molecular weight is 300 g/mol. The third-order valence-corrected chi connectivity index (χ3v) is 4.10. The van der Waals surface area contributed by atoms with E-state index >= 15 is 0 Å². The molecule has 0 saturated carbocycles. The molecule has 1 nitrogen and oxygen atoms in total. The van der Waals surface area contributed by atoms with Gasteiger partial charge in [0.05, 0.1) is 5.69 Å². The predicted octanol–water partition coefficient (Wildman–Crippen LogP) is 4.58. The van der Waals surface area contributed by atoms with E-state index in [4.69, 9.17) is 0 Å². The Morgan fingerprint density at radius 2 is 2.19 bits per heavy atom. The number of aryl methyl sites for hydroxylation is 2. The third kappa shape index (κ3) is 2.18. The summed E-state index contributed by atoms with van der Waals surface area (Å²) in [6.07, 6.45) is 0.911. The van der Waals surface area contributed by atoms with E-state index in [0.717, 1.165) is 27.2 Å². The van der Waals surface area contributed by atoms with Crippen molar-refractivity contribution in [3.8, 4) is 11.3 Å². The lowest BCUT2D eigenvalue weighted by Gasteiger charge is -2.04. The maximum absolute atomic E-state index is 13.2. The zero-order valence-electron chi connectivity index (χ0n) is 9.05. The van der Waals surface area contributed by atoms with Gasteiger partial charge in [-0.1, -0.05) is 13.0 Å². The van der Waals surface area contributed by atoms with Crippen LogP contribution < -0.4 is 0 Å². The first kappa shape index (κ1) is 11.7. The molecule has 0 aliphatic heterocycles. The molecule has 0 aliphatic rings. The molecule has 0 atom stereocenters. The number of halogens is 2. The van der Waals surface area contributed by atoms with Crippen LogP contribution in [0.1, 0.15) is 17.4 Å². The maximum Gasteiger partial charge on any atom is 0.160 e. The van der Waals surface area contributed by atoms with Crippen LogP contribution in [0.25, 0.3) is 11.3 Å². The Labute approximate surface area is 106 Å². The molecule has 0 unspecified atom stereocenters. The summed E-state index contributed by atoms with van der Waals surface area (Å²) in [6, 6.07) is 4.82. The number of rotatable bonds is 2. The summed E-state index contributed by atoms with van der Waals surface area (Å²) in [7, 11) is 0. The van der Waals surface area contributed by atoms with E-state index in [-0.39, 0.29) is 5.82 Å². The van der Waals surface area contributed by atoms with Crippen molar-refractivity contribution in [3.63, 3.8) is 0 Å². The minimum atomic E-state index is -0.216. The lowest BCUT2D eigenvalue weighted by Crippen LogP contribution is -1.89. The predicted molar refractivity (Wildman–Crippen MR) is 69.3 cm³/mol. The minimum absolute atomic E-state index is 0.216. The molecule has 84 valence electrons. The summed E-state index contributed by atoms with van der Waals surface area (Å²) in [5.74, 6) is -0.216. The Bertz CT molecular complexity index is 522. The third-order valence-electron chi connectivity index (χ3n) is 2.45. The second-order valence-electron chi connectivity index (χ2n) is 3.55. The molecule has 4 heteroatoms. The van der Waals surface area contributed by atoms with Crippen molar-refractivity contribution in [1.82, 2.24) is 4.98 Å². The van der Waals surface area contributed by atoms with E-state index in [0.29, 0.717) is 0 Å². The molecule has 16 heavy (non-hydrogen) atoms. The second kappa shape index (κ2) is 4.63. The Hall–Kier alpha value is -0.740. The largest absolute Gasteiger partial charge is 0.229 e. The van der Waals surface area contributed by atoms with Gasteiger partial charge in [-0.25, -0.2) is 9.37 Å². The van der Waals surface area contributed by atoms with E-state index in [9.17, 15) is 4.39 Å². The number of aromatic nitrogens is 1. The molecule has 0 saturated heterocycles. The van der Waals surface area contributed by atoms with Crippen molar-refractivity contribution in [2.75, 3.05) is 0 Å². The maximum atomic E-state index is 13.2. The van der Waals surface area contributed by atoms with Crippen molar-refractivity contribution >= 4 is 27.3 Å². The van der Waals surface area contributed by atoms with Gasteiger partial charge in [-0.15, -0.1) is 11.3 Å². The summed E-state index contributed by atoms with van der Waals surface area (Å²) < 4.78 is 14.1. The van der Waals surface area contributed by atoms with Gasteiger partial charge in [0.15, 0.2) is 3.92 Å². The van der Waals surface area contributed by atoms with E-state index < -0.39 is 0 Å². The number of thiazole rings is 1. The van der Waals surface area contributed by atoms with Crippen LogP contribution in [-0.2, 0) is 6.42 Å². The van der Waals surface area contributed by atoms with Crippen molar-refractivity contribution in [3.05, 3.63) is 38.4 Å². The van der Waals surface area contributed by atoms with Gasteiger partial charge >= 0.3 is 0 Å². The van der Waals surface area contributed by atoms with Gasteiger partial charge in [-0.3, -0.25) is 0 Å². The molecule has 0 amide bonds. The van der Waals surface area contributed by atoms with Crippen LogP contribution >= 0.6 is 27.3 Å². The molecule has 0 radical (unpaired) electrons. The van der Waals surface area contributed by atoms with Crippen LogP contribution in [-0.4, -0.2) is 4.98 Å². The Morgan fingerprint density at radius 3 is 2.88 bits per heavy atom. The molecule has 0 bridgehead atoms. The second-order valence-corrected chi connectivity index (χ2v) is 5.91. The summed E-state index contributed by atoms with van der Waals surface area (Å²) in [5.41, 5.74) is 2.84. The van der Waals surface area contributed by atoms with E-state index in [1.807, 2.05) is 6.92 Å². The highest BCUT2D eigenvalue weighted by atomic mass is 79.9. The van der Waals surface area contributed by atoms with Crippen molar-refractivity contribution in [1.29, 1.82) is 0 Å². The van der Waals surface area contributed by atoms with Gasteiger partial charge in [0.1, 0.15) is 5.82 Å². The molecule has 0 N–H and O–H groups in total. The van der Waals surface area contributed by atoms with E-state index in [1.54, 1.807) is 23.5 Å². The first-order valence-electron chi connectivity index (χ1n) is 5.03. The van der Waals surface area contributed by atoms with Gasteiger partial charge < -0.3 is 0 Å². The topological polar surface area (TPSA) is 12.9 Å². The van der Waals surface area contributed by atoms with Crippen LogP contribution in [0, 0.1) is 12.7 Å². The van der Waals surface area contributed by atoms with Crippen LogP contribution in [0.4, 0.5) is 4.39 Å². The average Bonchev–Trinajstić information content (AvgIpc) is 2.63. The first-order valence-corrected chi connectivity index (χ1v) is 6.64. The normalized spacial score (nSPS) is 10.8. The lowest BCUT2D eigenvalue weighted by atomic mass is 10.0. The van der Waals surface area contributed by atoms with Crippen LogP contribution in [0.2, 0.25) is 0 Å². The fourth-order valence-corrected chi connectivity index (χ4v) is 3.12. The number of hydrogen-bond donors (Lipinski definition) is 0. The zero-order chi connectivity index (χ0) is 11.7. The SMILES string of the molecule is CCc1sc(Br)nc1-c1cc(F)ccc1C. The molecule has 0 aliphatic carbocycles. The Morgan fingerprint density at radius 1 is 1.44 bits per heavy atom. The van der Waals surface area contributed by atoms with Crippen molar-refractivity contribution in [2.24, 2.45) is 0 Å². The van der Waals surface area contributed by atoms with E-state index in [1.165, 1.54) is 10.9 Å². The van der Waals surface area contributed by atoms with Gasteiger partial charge in [0.2, 0.25) is 0 Å². The lowest BCUT2D eigenvalue weighted by molar-refractivity contribution is 0.628. The number of nitrogens with zero attached hydrogens (tertiary/aromatic N) is 1. The minimum Gasteiger partial charge on any atom is -0.229 e. The molecular weight excluding hydrogens is 289 g/mol. The van der Waals surface area contributed by atoms with Gasteiger partial charge in [0, 0.05) is 10.4 Å². The summed E-state index contributed by atoms with van der Waals surface area (Å²) in [4.78, 5) is 5.60. The van der Waals surface area contributed by atoms with Crippen LogP contribution in [0.3, 0.4) is 0 Å². The molecule has 2 aromatic rings. The van der Waals surface area contributed by atoms with Crippen molar-refractivity contribution < 1.29 is 4.39 Å². The highest BCUT2D eigenvalue weighted by molar-refractivity contribution is 9.11.